The van der Waals surface area contributed by atoms with Crippen LogP contribution in [0, 0.1) is 0 Å². The molecule has 1 amide bonds. The Balaban J connectivity index is 2.01. The third-order valence-corrected chi connectivity index (χ3v) is 4.06. The first-order chi connectivity index (χ1) is 9.35. The SMILES string of the molecule is CS(=O)(=O)CCNC(=O)Cc1c[nH]c2ccc(Cl)cc12. The largest absolute Gasteiger partial charge is 0.361 e. The van der Waals surface area contributed by atoms with Gasteiger partial charge in [-0.2, -0.15) is 0 Å². The number of hydrogen-bond acceptors (Lipinski definition) is 3. The van der Waals surface area contributed by atoms with Gasteiger partial charge in [0.1, 0.15) is 9.84 Å². The van der Waals surface area contributed by atoms with Gasteiger partial charge < -0.3 is 10.3 Å². The average Bonchev–Trinajstić information content (AvgIpc) is 2.70. The predicted octanol–water partition coefficient (Wildman–Crippen LogP) is 1.52. The predicted molar refractivity (Wildman–Crippen MR) is 79.7 cm³/mol. The number of aromatic nitrogens is 1. The lowest BCUT2D eigenvalue weighted by molar-refractivity contribution is -0.120. The van der Waals surface area contributed by atoms with Gasteiger partial charge in [0.25, 0.3) is 0 Å². The Morgan fingerprint density at radius 2 is 2.15 bits per heavy atom. The van der Waals surface area contributed by atoms with Crippen LogP contribution in [0.15, 0.2) is 24.4 Å². The van der Waals surface area contributed by atoms with E-state index < -0.39 is 9.84 Å². The highest BCUT2D eigenvalue weighted by atomic mass is 35.5. The summed E-state index contributed by atoms with van der Waals surface area (Å²) in [6, 6.07) is 5.42. The summed E-state index contributed by atoms with van der Waals surface area (Å²) in [6.45, 7) is 0.126. The Hall–Kier alpha value is -1.53. The van der Waals surface area contributed by atoms with E-state index in [-0.39, 0.29) is 24.6 Å². The zero-order valence-electron chi connectivity index (χ0n) is 10.9. The number of carbonyl (C=O) groups excluding carboxylic acids is 1. The first-order valence-corrected chi connectivity index (χ1v) is 8.49. The van der Waals surface area contributed by atoms with Crippen LogP contribution in [0.4, 0.5) is 0 Å². The number of rotatable bonds is 5. The van der Waals surface area contributed by atoms with Crippen molar-refractivity contribution in [3.05, 3.63) is 35.0 Å². The third-order valence-electron chi connectivity index (χ3n) is 2.88. The molecule has 0 aliphatic heterocycles. The van der Waals surface area contributed by atoms with E-state index in [4.69, 9.17) is 11.6 Å². The van der Waals surface area contributed by atoms with Gasteiger partial charge in [0.05, 0.1) is 12.2 Å². The van der Waals surface area contributed by atoms with E-state index in [9.17, 15) is 13.2 Å². The fraction of sp³-hybridized carbons (Fsp3) is 0.308. The van der Waals surface area contributed by atoms with Crippen molar-refractivity contribution in [2.24, 2.45) is 0 Å². The molecule has 20 heavy (non-hydrogen) atoms. The number of sulfone groups is 1. The summed E-state index contributed by atoms with van der Waals surface area (Å²) in [5.74, 6) is -0.270. The molecule has 1 aromatic carbocycles. The topological polar surface area (TPSA) is 79.0 Å². The lowest BCUT2D eigenvalue weighted by Gasteiger charge is -2.04. The fourth-order valence-electron chi connectivity index (χ4n) is 1.91. The molecule has 0 atom stereocenters. The monoisotopic (exact) mass is 314 g/mol. The Morgan fingerprint density at radius 1 is 1.40 bits per heavy atom. The van der Waals surface area contributed by atoms with Crippen LogP contribution in [0.2, 0.25) is 5.02 Å². The molecule has 0 spiro atoms. The number of nitrogens with one attached hydrogen (secondary N) is 2. The van der Waals surface area contributed by atoms with E-state index in [1.54, 1.807) is 18.3 Å². The molecule has 0 aliphatic rings. The van der Waals surface area contributed by atoms with E-state index in [1.807, 2.05) is 6.07 Å². The number of halogens is 1. The summed E-state index contributed by atoms with van der Waals surface area (Å²) in [6.07, 6.45) is 3.09. The van der Waals surface area contributed by atoms with Crippen LogP contribution in [0.5, 0.6) is 0 Å². The van der Waals surface area contributed by atoms with Crippen molar-refractivity contribution in [2.75, 3.05) is 18.6 Å². The van der Waals surface area contributed by atoms with Crippen molar-refractivity contribution in [3.8, 4) is 0 Å². The number of fused-ring (bicyclic) bond motifs is 1. The standard InChI is InChI=1S/C13H15ClN2O3S/c1-20(18,19)5-4-15-13(17)6-9-8-16-12-3-2-10(14)7-11(9)12/h2-3,7-8,16H,4-6H2,1H3,(H,15,17). The van der Waals surface area contributed by atoms with Gasteiger partial charge in [-0.3, -0.25) is 4.79 Å². The van der Waals surface area contributed by atoms with Crippen LogP contribution in [0.25, 0.3) is 10.9 Å². The molecule has 5 nitrogen and oxygen atoms in total. The highest BCUT2D eigenvalue weighted by molar-refractivity contribution is 7.90. The average molecular weight is 315 g/mol. The first kappa shape index (κ1) is 14.9. The van der Waals surface area contributed by atoms with E-state index in [1.165, 1.54) is 0 Å². The molecule has 1 heterocycles. The minimum absolute atomic E-state index is 0.0571. The third kappa shape index (κ3) is 3.98. The summed E-state index contributed by atoms with van der Waals surface area (Å²) in [7, 11) is -3.06. The van der Waals surface area contributed by atoms with Crippen LogP contribution >= 0.6 is 11.6 Å². The van der Waals surface area contributed by atoms with Crippen LogP contribution in [-0.4, -0.2) is 37.9 Å². The molecular formula is C13H15ClN2O3S. The van der Waals surface area contributed by atoms with E-state index in [2.05, 4.69) is 10.3 Å². The molecule has 7 heteroatoms. The lowest BCUT2D eigenvalue weighted by atomic mass is 10.1. The zero-order chi connectivity index (χ0) is 14.8. The second kappa shape index (κ2) is 5.85. The Kier molecular flexibility index (Phi) is 4.35. The van der Waals surface area contributed by atoms with Gasteiger partial charge >= 0.3 is 0 Å². The molecule has 0 saturated carbocycles. The number of carbonyl (C=O) groups is 1. The second-order valence-electron chi connectivity index (χ2n) is 4.66. The van der Waals surface area contributed by atoms with Gasteiger partial charge in [-0.25, -0.2) is 8.42 Å². The molecule has 0 saturated heterocycles. The summed E-state index contributed by atoms with van der Waals surface area (Å²) in [5, 5.41) is 4.10. The zero-order valence-corrected chi connectivity index (χ0v) is 12.5. The van der Waals surface area contributed by atoms with E-state index >= 15 is 0 Å². The highest BCUT2D eigenvalue weighted by Gasteiger charge is 2.10. The molecule has 1 aromatic heterocycles. The van der Waals surface area contributed by atoms with Crippen molar-refractivity contribution in [2.45, 2.75) is 6.42 Å². The summed E-state index contributed by atoms with van der Waals surface area (Å²) in [5.41, 5.74) is 1.74. The smallest absolute Gasteiger partial charge is 0.224 e. The lowest BCUT2D eigenvalue weighted by Crippen LogP contribution is -2.29. The summed E-state index contributed by atoms with van der Waals surface area (Å²) >= 11 is 5.94. The normalized spacial score (nSPS) is 11.7. The van der Waals surface area contributed by atoms with Gasteiger partial charge in [0, 0.05) is 34.9 Å². The number of benzene rings is 1. The maximum Gasteiger partial charge on any atom is 0.224 e. The molecule has 0 aliphatic carbocycles. The van der Waals surface area contributed by atoms with Crippen molar-refractivity contribution in [1.82, 2.24) is 10.3 Å². The molecule has 0 bridgehead atoms. The molecular weight excluding hydrogens is 300 g/mol. The van der Waals surface area contributed by atoms with Crippen LogP contribution in [-0.2, 0) is 21.1 Å². The van der Waals surface area contributed by atoms with Gasteiger partial charge in [-0.1, -0.05) is 11.6 Å². The molecule has 2 aromatic rings. The molecule has 0 unspecified atom stereocenters. The van der Waals surface area contributed by atoms with Crippen molar-refractivity contribution in [1.29, 1.82) is 0 Å². The van der Waals surface area contributed by atoms with Crippen molar-refractivity contribution in [3.63, 3.8) is 0 Å². The highest BCUT2D eigenvalue weighted by Crippen LogP contribution is 2.22. The van der Waals surface area contributed by atoms with Crippen LogP contribution < -0.4 is 5.32 Å². The van der Waals surface area contributed by atoms with Crippen molar-refractivity contribution >= 4 is 38.2 Å². The van der Waals surface area contributed by atoms with E-state index in [0.717, 1.165) is 22.7 Å². The van der Waals surface area contributed by atoms with Gasteiger partial charge in [0.2, 0.25) is 5.91 Å². The Labute approximate surface area is 122 Å². The summed E-state index contributed by atoms with van der Waals surface area (Å²) < 4.78 is 21.9. The fourth-order valence-corrected chi connectivity index (χ4v) is 2.55. The molecule has 108 valence electrons. The molecule has 0 fully saturated rings. The number of H-pyrrole nitrogens is 1. The number of aromatic amines is 1. The van der Waals surface area contributed by atoms with Gasteiger partial charge in [0.15, 0.2) is 0 Å². The minimum atomic E-state index is -3.06. The van der Waals surface area contributed by atoms with Crippen LogP contribution in [0.1, 0.15) is 5.56 Å². The maximum absolute atomic E-state index is 11.8. The number of hydrogen-bond donors (Lipinski definition) is 2. The Bertz CT molecular complexity index is 737. The maximum atomic E-state index is 11.8. The van der Waals surface area contributed by atoms with E-state index in [0.29, 0.717) is 5.02 Å². The number of amides is 1. The first-order valence-electron chi connectivity index (χ1n) is 6.05. The Morgan fingerprint density at radius 3 is 2.85 bits per heavy atom. The molecule has 2 N–H and O–H groups in total. The van der Waals surface area contributed by atoms with Gasteiger partial charge in [-0.05, 0) is 23.8 Å². The second-order valence-corrected chi connectivity index (χ2v) is 7.36. The van der Waals surface area contributed by atoms with Gasteiger partial charge in [-0.15, -0.1) is 0 Å². The minimum Gasteiger partial charge on any atom is -0.361 e. The molecule has 2 rings (SSSR count). The quantitative estimate of drug-likeness (QED) is 0.878. The van der Waals surface area contributed by atoms with Crippen LogP contribution in [0.3, 0.4) is 0 Å². The van der Waals surface area contributed by atoms with Crippen molar-refractivity contribution < 1.29 is 13.2 Å². The molecule has 0 radical (unpaired) electrons. The summed E-state index contributed by atoms with van der Waals surface area (Å²) in [4.78, 5) is 14.8.